The summed E-state index contributed by atoms with van der Waals surface area (Å²) in [4.78, 5) is 36.0. The summed E-state index contributed by atoms with van der Waals surface area (Å²) in [6, 6.07) is 10.6. The van der Waals surface area contributed by atoms with Crippen LogP contribution in [0.15, 0.2) is 30.3 Å². The maximum atomic E-state index is 12.7. The summed E-state index contributed by atoms with van der Waals surface area (Å²) in [6.45, 7) is 15.0. The third-order valence-electron chi connectivity index (χ3n) is 5.99. The van der Waals surface area contributed by atoms with Crippen molar-refractivity contribution in [1.29, 1.82) is 0 Å². The lowest BCUT2D eigenvalue weighted by Crippen LogP contribution is -2.42. The highest BCUT2D eigenvalue weighted by Crippen LogP contribution is 2.51. The minimum atomic E-state index is -3.95. The number of rotatable bonds is 17. The molecule has 0 aliphatic heterocycles. The van der Waals surface area contributed by atoms with Gasteiger partial charge in [-0.25, -0.2) is 20.3 Å². The fourth-order valence-electron chi connectivity index (χ4n) is 3.00. The van der Waals surface area contributed by atoms with Gasteiger partial charge in [-0.05, 0) is 24.6 Å². The summed E-state index contributed by atoms with van der Waals surface area (Å²) in [6.07, 6.45) is 5.25. The Morgan fingerprint density at radius 3 is 1.59 bits per heavy atom. The van der Waals surface area contributed by atoms with Crippen LogP contribution in [0.25, 0.3) is 0 Å². The lowest BCUT2D eigenvalue weighted by atomic mass is 10.2. The average Bonchev–Trinajstić information content (AvgIpc) is 3.05. The molecule has 1 amide bonds. The molecule has 18 heteroatoms. The average molecular weight is 806 g/mol. The zero-order valence-electron chi connectivity index (χ0n) is 35.4. The summed E-state index contributed by atoms with van der Waals surface area (Å²) >= 11 is 0. The van der Waals surface area contributed by atoms with Crippen molar-refractivity contribution in [3.8, 4) is 17.8 Å². The summed E-state index contributed by atoms with van der Waals surface area (Å²) in [5.74, 6) is 2.00. The van der Waals surface area contributed by atoms with Gasteiger partial charge in [0.2, 0.25) is 11.6 Å². The molecule has 2 atom stereocenters. The van der Waals surface area contributed by atoms with Crippen LogP contribution in [-0.4, -0.2) is 87.4 Å². The molecule has 51 heavy (non-hydrogen) atoms. The quantitative estimate of drug-likeness (QED) is 0.0390. The first-order valence-corrected chi connectivity index (χ1v) is 25.6. The first-order valence-electron chi connectivity index (χ1n) is 15.0. The van der Waals surface area contributed by atoms with Crippen LogP contribution in [-0.2, 0) is 57.6 Å². The van der Waals surface area contributed by atoms with Crippen molar-refractivity contribution in [1.82, 2.24) is 5.32 Å². The Morgan fingerprint density at radius 2 is 1.24 bits per heavy atom. The number of benzene rings is 1. The third kappa shape index (κ3) is 25.0. The van der Waals surface area contributed by atoms with E-state index in [-0.39, 0.29) is 41.8 Å². The number of alkyl carbamates (subject to hydrolysis) is 1. The number of nitrogens with one attached hydrogen (secondary N) is 1. The van der Waals surface area contributed by atoms with Gasteiger partial charge in [0.05, 0.1) is 13.2 Å². The molecule has 304 valence electrons. The number of carbonyl (C=O) groups excluding carboxylic acids is 3. The van der Waals surface area contributed by atoms with Gasteiger partial charge in [0.25, 0.3) is 0 Å². The van der Waals surface area contributed by atoms with Crippen LogP contribution in [0.4, 0.5) is 4.79 Å². The van der Waals surface area contributed by atoms with E-state index >= 15 is 0 Å². The van der Waals surface area contributed by atoms with Crippen molar-refractivity contribution >= 4 is 49.4 Å². The SMILES string of the molecule is C.C.COP(=O)(OC)C(N)C(=O)OCC[Si](C)(C)C.COP(=O)(OC)C(NC(=O)OCc1ccccc1)C(=O)OCC[Si](C)(C)C.[2H-].[2H-].[2H-].[2H-].[2H-].[C-]#CC#CC. The van der Waals surface area contributed by atoms with E-state index in [1.165, 1.54) is 14.2 Å². The van der Waals surface area contributed by atoms with Gasteiger partial charge in [-0.3, -0.25) is 26.3 Å². The van der Waals surface area contributed by atoms with Gasteiger partial charge in [-0.2, -0.15) is 0 Å². The van der Waals surface area contributed by atoms with Gasteiger partial charge in [0.1, 0.15) is 6.61 Å². The van der Waals surface area contributed by atoms with Crippen molar-refractivity contribution in [3.05, 3.63) is 42.3 Å². The number of carbonyl (C=O) groups is 3. The van der Waals surface area contributed by atoms with Crippen LogP contribution in [0.5, 0.6) is 0 Å². The summed E-state index contributed by atoms with van der Waals surface area (Å²) in [5.41, 5.74) is 6.26. The van der Waals surface area contributed by atoms with Crippen LogP contribution in [0.1, 0.15) is 34.5 Å². The van der Waals surface area contributed by atoms with E-state index in [1.54, 1.807) is 31.2 Å². The van der Waals surface area contributed by atoms with E-state index < -0.39 is 60.9 Å². The Labute approximate surface area is 316 Å². The Kier molecular flexibility index (Phi) is 30.0. The van der Waals surface area contributed by atoms with E-state index in [1.807, 2.05) is 12.0 Å². The van der Waals surface area contributed by atoms with E-state index in [0.29, 0.717) is 0 Å². The molecule has 0 saturated heterocycles. The van der Waals surface area contributed by atoms with Gasteiger partial charge in [0, 0.05) is 44.6 Å². The molecular formula is C33H66N2O12P2Si2-6. The second-order valence-corrected chi connectivity index (χ2v) is 28.3. The van der Waals surface area contributed by atoms with Gasteiger partial charge >= 0.3 is 33.2 Å². The highest BCUT2D eigenvalue weighted by atomic mass is 31.2. The largest absolute Gasteiger partial charge is 1.00 e. The van der Waals surface area contributed by atoms with Crippen LogP contribution in [0.2, 0.25) is 51.4 Å². The summed E-state index contributed by atoms with van der Waals surface area (Å²) < 4.78 is 58.6. The molecule has 0 radical (unpaired) electrons. The molecule has 3 N–H and O–H groups in total. The van der Waals surface area contributed by atoms with Crippen molar-refractivity contribution < 1.29 is 63.0 Å². The van der Waals surface area contributed by atoms with E-state index in [9.17, 15) is 23.5 Å². The Balaban J connectivity index is -0.0000000953. The number of hydrogen-bond donors (Lipinski definition) is 2. The first kappa shape index (κ1) is 55.0. The fourth-order valence-corrected chi connectivity index (χ4v) is 6.53. The molecule has 1 rings (SSSR count). The molecule has 0 saturated carbocycles. The van der Waals surface area contributed by atoms with Crippen LogP contribution in [0, 0.1) is 24.2 Å². The number of hydrogen-bond acceptors (Lipinski definition) is 13. The monoisotopic (exact) mass is 805 g/mol. The van der Waals surface area contributed by atoms with Crippen LogP contribution in [0.3, 0.4) is 0 Å². The summed E-state index contributed by atoms with van der Waals surface area (Å²) in [5, 5.41) is 2.24. The molecular weight excluding hydrogens is 734 g/mol. The number of amides is 1. The Hall–Kier alpha value is -2.76. The van der Waals surface area contributed by atoms with Crippen molar-refractivity contribution in [2.75, 3.05) is 41.7 Å². The van der Waals surface area contributed by atoms with Gasteiger partial charge in [0.15, 0.2) is 0 Å². The van der Waals surface area contributed by atoms with Crippen LogP contribution >= 0.6 is 15.2 Å². The highest BCUT2D eigenvalue weighted by Gasteiger charge is 2.43. The molecule has 0 heterocycles. The van der Waals surface area contributed by atoms with E-state index in [0.717, 1.165) is 31.9 Å². The molecule has 2 unspecified atom stereocenters. The fraction of sp³-hybridized carbons (Fsp3) is 0.606. The number of ether oxygens (including phenoxy) is 3. The summed E-state index contributed by atoms with van der Waals surface area (Å²) in [7, 11) is -5.63. The van der Waals surface area contributed by atoms with Crippen molar-refractivity contribution in [2.45, 2.75) is 91.3 Å². The van der Waals surface area contributed by atoms with E-state index in [2.05, 4.69) is 65.5 Å². The molecule has 0 bridgehead atoms. The second kappa shape index (κ2) is 27.8. The second-order valence-electron chi connectivity index (χ2n) is 12.3. The standard InChI is InChI=1S/C17H28NO7PSi.C9H22NO5PSi.C5H3.2CH4.5H/c1-22-26(21,23-2)15(16(19)24-11-12-27(3,4)5)18-17(20)25-13-14-9-7-6-8-10-14;1-13-16(12,14-2)8(10)9(11)15-6-7-17(3,4)5;1-3-5-4-2;;;;;;;/h6-10,15H,11-13H2,1-5H3,(H,18,20);8H,6-7,10H2,1-5H3;1H3;2*1H4;;;;;/q;;-1;;;5*-1/i;;;;;5*1+1. The lowest BCUT2D eigenvalue weighted by molar-refractivity contribution is -0.144. The maximum Gasteiger partial charge on any atom is 0.408 e. The van der Waals surface area contributed by atoms with Crippen molar-refractivity contribution in [3.63, 3.8) is 0 Å². The molecule has 0 aliphatic rings. The molecule has 14 nitrogen and oxygen atoms in total. The minimum absolute atomic E-state index is 0. The van der Waals surface area contributed by atoms with Crippen molar-refractivity contribution in [2.24, 2.45) is 5.73 Å². The van der Waals surface area contributed by atoms with Gasteiger partial charge in [-0.1, -0.05) is 84.5 Å². The predicted molar refractivity (Wildman–Crippen MR) is 213 cm³/mol. The maximum absolute atomic E-state index is 12.7. The first-order chi connectivity index (χ1) is 22.7. The van der Waals surface area contributed by atoms with E-state index in [4.69, 9.17) is 35.4 Å². The molecule has 0 aliphatic carbocycles. The zero-order valence-corrected chi connectivity index (χ0v) is 34.2. The van der Waals surface area contributed by atoms with Gasteiger partial charge < -0.3 is 51.6 Å². The zero-order chi connectivity index (χ0) is 38.3. The van der Waals surface area contributed by atoms with Gasteiger partial charge in [-0.15, -0.1) is 0 Å². The minimum Gasteiger partial charge on any atom is -1.00 e. The highest BCUT2D eigenvalue weighted by molar-refractivity contribution is 7.56. The molecule has 0 aromatic heterocycles. The number of nitrogens with two attached hydrogens (primary N) is 1. The number of esters is 2. The normalized spacial score (nSPS) is 12.0. The lowest BCUT2D eigenvalue weighted by Gasteiger charge is -2.24. The smallest absolute Gasteiger partial charge is 0.408 e. The topological polar surface area (TPSA) is 188 Å². The molecule has 0 fully saturated rings. The Bertz CT molecular complexity index is 1360. The molecule has 1 aromatic rings. The molecule has 1 aromatic carbocycles. The third-order valence-corrected chi connectivity index (χ3v) is 13.3. The van der Waals surface area contributed by atoms with Crippen LogP contribution < -0.4 is 11.1 Å². The predicted octanol–water partition coefficient (Wildman–Crippen LogP) is 7.68. The Morgan fingerprint density at radius 1 is 0.804 bits per heavy atom. The molecule has 0 spiro atoms.